The van der Waals surface area contributed by atoms with Crippen molar-refractivity contribution in [3.8, 4) is 5.75 Å². The number of phenols is 1. The lowest BCUT2D eigenvalue weighted by Gasteiger charge is -2.30. The molecule has 0 aliphatic carbocycles. The van der Waals surface area contributed by atoms with Crippen LogP contribution in [-0.2, 0) is 68.8 Å². The van der Waals surface area contributed by atoms with Gasteiger partial charge in [-0.2, -0.15) is 0 Å². The summed E-state index contributed by atoms with van der Waals surface area (Å²) in [6.45, 7) is 14.5. The van der Waals surface area contributed by atoms with Crippen molar-refractivity contribution in [3.05, 3.63) is 120 Å². The number of hydrogen-bond donors (Lipinski definition) is 13. The summed E-state index contributed by atoms with van der Waals surface area (Å²) in [7, 11) is 0. The van der Waals surface area contributed by atoms with Gasteiger partial charge in [0.25, 0.3) is 0 Å². The number of hydrogen-bond acceptors (Lipinski definition) is 13. The number of phenolic OH excluding ortho intramolecular Hbond substituents is 1. The van der Waals surface area contributed by atoms with E-state index in [0.717, 1.165) is 5.56 Å². The molecule has 0 bridgehead atoms. The number of H-pyrrole nitrogens is 1. The third-order valence-corrected chi connectivity index (χ3v) is 13.9. The molecule has 4 rings (SSSR count). The van der Waals surface area contributed by atoms with Crippen molar-refractivity contribution in [3.63, 3.8) is 0 Å². The number of carboxylic acid groups (broad SMARTS) is 1. The fraction of sp³-hybridized carbons (Fsp3) is 0.508. The Morgan fingerprint density at radius 2 is 0.881 bits per heavy atom. The van der Waals surface area contributed by atoms with E-state index in [4.69, 9.17) is 11.5 Å². The molecule has 0 saturated carbocycles. The van der Waals surface area contributed by atoms with Gasteiger partial charge in [0.15, 0.2) is 0 Å². The van der Waals surface area contributed by atoms with Crippen LogP contribution in [0.4, 0.5) is 0 Å². The third kappa shape index (κ3) is 23.2. The Morgan fingerprint density at radius 3 is 1.33 bits per heavy atom. The molecule has 84 heavy (non-hydrogen) atoms. The number of aromatic hydroxyl groups is 1. The van der Waals surface area contributed by atoms with Gasteiger partial charge < -0.3 is 69.2 Å². The highest BCUT2D eigenvalue weighted by Gasteiger charge is 2.37. The maximum atomic E-state index is 14.7. The molecule has 4 aromatic rings. The minimum absolute atomic E-state index is 0.0154. The summed E-state index contributed by atoms with van der Waals surface area (Å²) in [6, 6.07) is 12.4. The number of unbranched alkanes of at least 4 members (excludes halogenated alkanes) is 1. The molecule has 0 saturated heterocycles. The van der Waals surface area contributed by atoms with Crippen molar-refractivity contribution in [2.75, 3.05) is 6.54 Å². The molecule has 0 radical (unpaired) electrons. The number of nitrogens with one attached hydrogen (secondary N) is 9. The molecule has 0 aliphatic rings. The first-order valence-electron chi connectivity index (χ1n) is 28.8. The van der Waals surface area contributed by atoms with E-state index >= 15 is 0 Å². The van der Waals surface area contributed by atoms with Crippen molar-refractivity contribution in [1.82, 2.24) is 52.5 Å². The summed E-state index contributed by atoms with van der Waals surface area (Å²) in [5.74, 6) is -8.40. The molecule has 15 N–H and O–H groups in total. The zero-order valence-corrected chi connectivity index (χ0v) is 49.5. The van der Waals surface area contributed by atoms with Crippen LogP contribution in [0.5, 0.6) is 5.75 Å². The Bertz CT molecular complexity index is 2750. The second kappa shape index (κ2) is 34.4. The predicted molar refractivity (Wildman–Crippen MR) is 317 cm³/mol. The molecule has 0 unspecified atom stereocenters. The highest BCUT2D eigenvalue weighted by molar-refractivity contribution is 5.98. The molecule has 0 fully saturated rings. The number of aromatic nitrogens is 2. The standard InChI is InChI=1S/C61H88N12O11/c1-35(2)27-44(63)53(75)67-47(29-39-17-11-9-12-18-39)56(78)68-46(28-36(3)4)55(77)70-49(32-42-33-64-34-65-42)57(79)69-48(30-41-22-24-43(74)25-23-41)58(80)73-51(37(5)6)59(81)66-45(21-15-16-26-62)54(76)72-52(38(7)8)60(82)71-50(61(83)84)31-40-19-13-10-14-20-40/h9-14,17-20,22-25,33-38,44-52,74H,15-16,21,26-32,62-63H2,1-8H3,(H,64,65)(H,66,81)(H,67,75)(H,68,78)(H,69,79)(H,70,77)(H,71,82)(H,72,76)(H,73,80)(H,83,84)/t44-,45-,46-,47-,48-,49-,50-,51-,52-/m0/s1. The molecule has 8 amide bonds. The van der Waals surface area contributed by atoms with E-state index in [1.165, 1.54) is 24.7 Å². The largest absolute Gasteiger partial charge is 0.508 e. The normalized spacial score (nSPS) is 14.6. The summed E-state index contributed by atoms with van der Waals surface area (Å²) >= 11 is 0. The highest BCUT2D eigenvalue weighted by atomic mass is 16.4. The Hall–Kier alpha value is -8.18. The van der Waals surface area contributed by atoms with Gasteiger partial charge in [-0.15, -0.1) is 0 Å². The first-order valence-corrected chi connectivity index (χ1v) is 28.8. The van der Waals surface area contributed by atoms with Crippen molar-refractivity contribution >= 4 is 53.2 Å². The molecule has 1 aromatic heterocycles. The van der Waals surface area contributed by atoms with Gasteiger partial charge in [-0.1, -0.05) is 128 Å². The number of imidazole rings is 1. The van der Waals surface area contributed by atoms with Gasteiger partial charge in [0.1, 0.15) is 54.1 Å². The Kier molecular flexibility index (Phi) is 28.0. The fourth-order valence-electron chi connectivity index (χ4n) is 9.29. The zero-order valence-electron chi connectivity index (χ0n) is 49.5. The number of aromatic amines is 1. The van der Waals surface area contributed by atoms with Crippen LogP contribution < -0.4 is 54.0 Å². The van der Waals surface area contributed by atoms with Crippen molar-refractivity contribution in [2.45, 2.75) is 168 Å². The lowest BCUT2D eigenvalue weighted by atomic mass is 9.98. The number of rotatable bonds is 35. The predicted octanol–water partition coefficient (Wildman–Crippen LogP) is 2.21. The van der Waals surface area contributed by atoms with Gasteiger partial charge >= 0.3 is 5.97 Å². The number of nitrogens with two attached hydrogens (primary N) is 2. The van der Waals surface area contributed by atoms with Gasteiger partial charge in [-0.3, -0.25) is 38.4 Å². The van der Waals surface area contributed by atoms with E-state index in [0.29, 0.717) is 36.1 Å². The molecule has 0 spiro atoms. The van der Waals surface area contributed by atoms with E-state index in [1.807, 2.05) is 33.8 Å². The molecular weight excluding hydrogens is 1080 g/mol. The molecule has 0 aliphatic heterocycles. The number of nitrogens with zero attached hydrogens (tertiary/aromatic N) is 1. The second-order valence-corrected chi connectivity index (χ2v) is 22.8. The molecule has 3 aromatic carbocycles. The van der Waals surface area contributed by atoms with Crippen LogP contribution in [0.3, 0.4) is 0 Å². The van der Waals surface area contributed by atoms with Crippen molar-refractivity contribution < 1.29 is 53.4 Å². The quantitative estimate of drug-likeness (QED) is 0.0294. The van der Waals surface area contributed by atoms with E-state index in [2.05, 4.69) is 52.5 Å². The Labute approximate surface area is 492 Å². The third-order valence-electron chi connectivity index (χ3n) is 13.9. The molecule has 23 nitrogen and oxygen atoms in total. The van der Waals surface area contributed by atoms with Crippen LogP contribution in [0.2, 0.25) is 0 Å². The van der Waals surface area contributed by atoms with E-state index < -0.39 is 119 Å². The monoisotopic (exact) mass is 1160 g/mol. The van der Waals surface area contributed by atoms with E-state index in [9.17, 15) is 53.4 Å². The number of aliphatic carboxylic acids is 1. The van der Waals surface area contributed by atoms with Gasteiger partial charge in [-0.05, 0) is 91.1 Å². The lowest BCUT2D eigenvalue weighted by Crippen LogP contribution is -2.62. The number of carbonyl (C=O) groups excluding carboxylic acids is 8. The van der Waals surface area contributed by atoms with Crippen molar-refractivity contribution in [2.24, 2.45) is 35.1 Å². The highest BCUT2D eigenvalue weighted by Crippen LogP contribution is 2.16. The van der Waals surface area contributed by atoms with Gasteiger partial charge in [-0.25, -0.2) is 9.78 Å². The Balaban J connectivity index is 1.61. The summed E-state index contributed by atoms with van der Waals surface area (Å²) in [5.41, 5.74) is 14.4. The number of carboxylic acids is 1. The van der Waals surface area contributed by atoms with E-state index in [-0.39, 0.29) is 62.7 Å². The average Bonchev–Trinajstić information content (AvgIpc) is 4.12. The smallest absolute Gasteiger partial charge is 0.326 e. The maximum Gasteiger partial charge on any atom is 0.326 e. The van der Waals surface area contributed by atoms with Crippen LogP contribution in [0.1, 0.15) is 110 Å². The topological polar surface area (TPSA) is 371 Å². The van der Waals surface area contributed by atoms with Crippen LogP contribution in [0.25, 0.3) is 0 Å². The fourth-order valence-corrected chi connectivity index (χ4v) is 9.29. The minimum Gasteiger partial charge on any atom is -0.508 e. The molecular formula is C61H88N12O11. The second-order valence-electron chi connectivity index (χ2n) is 22.8. The SMILES string of the molecule is CC(C)C[C@H](NC(=O)[C@H](Cc1ccccc1)NC(=O)[C@@H](N)CC(C)C)C(=O)N[C@@H](Cc1cnc[nH]1)C(=O)N[C@@H](Cc1ccc(O)cc1)C(=O)N[C@H](C(=O)N[C@@H](CCCCN)C(=O)N[C@H](C(=O)N[C@@H](Cc1ccccc1)C(=O)O)C(C)C)C(C)C. The molecule has 1 heterocycles. The minimum atomic E-state index is -1.43. The first-order chi connectivity index (χ1) is 39.8. The summed E-state index contributed by atoms with van der Waals surface area (Å²) in [5, 5.41) is 42.1. The summed E-state index contributed by atoms with van der Waals surface area (Å²) < 4.78 is 0. The van der Waals surface area contributed by atoms with Gasteiger partial charge in [0.05, 0.1) is 12.4 Å². The maximum absolute atomic E-state index is 14.7. The zero-order chi connectivity index (χ0) is 62.0. The van der Waals surface area contributed by atoms with Crippen LogP contribution >= 0.6 is 0 Å². The van der Waals surface area contributed by atoms with Crippen LogP contribution in [0.15, 0.2) is 97.5 Å². The molecule has 23 heteroatoms. The molecule has 458 valence electrons. The molecule has 9 atom stereocenters. The summed E-state index contributed by atoms with van der Waals surface area (Å²) in [6.07, 6.45) is 3.99. The number of carbonyl (C=O) groups is 9. The Morgan fingerprint density at radius 1 is 0.476 bits per heavy atom. The van der Waals surface area contributed by atoms with Crippen molar-refractivity contribution in [1.29, 1.82) is 0 Å². The van der Waals surface area contributed by atoms with Crippen LogP contribution in [0, 0.1) is 23.7 Å². The average molecular weight is 1170 g/mol. The lowest BCUT2D eigenvalue weighted by molar-refractivity contribution is -0.142. The van der Waals surface area contributed by atoms with Crippen LogP contribution in [-0.4, -0.2) is 134 Å². The first kappa shape index (κ1) is 68.3. The van der Waals surface area contributed by atoms with Gasteiger partial charge in [0, 0.05) is 37.6 Å². The van der Waals surface area contributed by atoms with Gasteiger partial charge in [0.2, 0.25) is 47.3 Å². The number of benzene rings is 3. The van der Waals surface area contributed by atoms with E-state index in [1.54, 1.807) is 94.4 Å². The summed E-state index contributed by atoms with van der Waals surface area (Å²) in [4.78, 5) is 133. The number of amides is 8.